The lowest BCUT2D eigenvalue weighted by Crippen LogP contribution is -2.49. The third kappa shape index (κ3) is 1.75. The van der Waals surface area contributed by atoms with E-state index in [4.69, 9.17) is 0 Å². The van der Waals surface area contributed by atoms with Crippen LogP contribution in [0, 0.1) is 11.9 Å². The molecule has 0 fully saturated rings. The van der Waals surface area contributed by atoms with Crippen LogP contribution in [0.15, 0.2) is 37.0 Å². The Morgan fingerprint density at radius 1 is 1.24 bits per heavy atom. The van der Waals surface area contributed by atoms with Crippen LogP contribution in [0.4, 0.5) is 8.78 Å². The topological polar surface area (TPSA) is 16.8 Å². The second-order valence-corrected chi connectivity index (χ2v) is 5.35. The van der Waals surface area contributed by atoms with Gasteiger partial charge in [-0.3, -0.25) is 0 Å². The Balaban J connectivity index is 2.46. The standard InChI is InChI=1S/C17H17F2N2/c1-4-17(5-2)11(3)21-9-7-6-8-13(21)15-12(17)10-14(18)20-16(15)19/h6-10H,3-5H2,1-2H3/q+1. The molecular weight excluding hydrogens is 270 g/mol. The SMILES string of the molecule is C=C1[n+]2ccccc2-c2c(cc(F)nc2F)C1(CC)CC. The highest BCUT2D eigenvalue weighted by Crippen LogP contribution is 2.46. The highest BCUT2D eigenvalue weighted by Gasteiger charge is 2.47. The van der Waals surface area contributed by atoms with E-state index in [2.05, 4.69) is 11.6 Å². The average Bonchev–Trinajstić information content (AvgIpc) is 2.48. The molecule has 0 unspecified atom stereocenters. The third-order valence-corrected chi connectivity index (χ3v) is 4.63. The van der Waals surface area contributed by atoms with Gasteiger partial charge in [0.15, 0.2) is 11.9 Å². The van der Waals surface area contributed by atoms with Crippen LogP contribution in [-0.4, -0.2) is 4.98 Å². The molecule has 108 valence electrons. The first kappa shape index (κ1) is 13.9. The maximum Gasteiger partial charge on any atom is 0.229 e. The summed E-state index contributed by atoms with van der Waals surface area (Å²) in [5.41, 5.74) is 2.07. The molecule has 2 aromatic heterocycles. The molecule has 3 heterocycles. The van der Waals surface area contributed by atoms with Gasteiger partial charge in [0.05, 0.1) is 5.41 Å². The molecule has 0 bridgehead atoms. The van der Waals surface area contributed by atoms with Crippen molar-refractivity contribution in [2.45, 2.75) is 32.1 Å². The summed E-state index contributed by atoms with van der Waals surface area (Å²) in [5, 5.41) is 0. The number of fused-ring (bicyclic) bond motifs is 3. The highest BCUT2D eigenvalue weighted by molar-refractivity contribution is 5.72. The smallest absolute Gasteiger partial charge is 0.190 e. The van der Waals surface area contributed by atoms with Gasteiger partial charge in [-0.05, 0) is 37.1 Å². The minimum Gasteiger partial charge on any atom is -0.190 e. The van der Waals surface area contributed by atoms with Gasteiger partial charge in [0, 0.05) is 12.1 Å². The fraction of sp³-hybridized carbons (Fsp3) is 0.294. The number of nitrogens with zero attached hydrogens (tertiary/aromatic N) is 2. The van der Waals surface area contributed by atoms with Gasteiger partial charge in [0.2, 0.25) is 17.6 Å². The molecule has 0 atom stereocenters. The summed E-state index contributed by atoms with van der Waals surface area (Å²) in [4.78, 5) is 3.37. The van der Waals surface area contributed by atoms with Gasteiger partial charge < -0.3 is 0 Å². The molecule has 0 spiro atoms. The van der Waals surface area contributed by atoms with Crippen molar-refractivity contribution in [3.8, 4) is 11.3 Å². The number of rotatable bonds is 2. The zero-order valence-corrected chi connectivity index (χ0v) is 12.2. The fourth-order valence-electron chi connectivity index (χ4n) is 3.41. The minimum atomic E-state index is -0.783. The summed E-state index contributed by atoms with van der Waals surface area (Å²) in [7, 11) is 0. The predicted octanol–water partition coefficient (Wildman–Crippen LogP) is 3.86. The number of allylic oxidation sites excluding steroid dienone is 1. The van der Waals surface area contributed by atoms with Crippen molar-refractivity contribution in [3.63, 3.8) is 0 Å². The fourth-order valence-corrected chi connectivity index (χ4v) is 3.41. The van der Waals surface area contributed by atoms with Gasteiger partial charge >= 0.3 is 0 Å². The lowest BCUT2D eigenvalue weighted by atomic mass is 9.69. The summed E-state index contributed by atoms with van der Waals surface area (Å²) in [5.74, 6) is -1.54. The zero-order chi connectivity index (χ0) is 15.2. The molecule has 21 heavy (non-hydrogen) atoms. The lowest BCUT2D eigenvalue weighted by molar-refractivity contribution is -0.577. The van der Waals surface area contributed by atoms with Crippen molar-refractivity contribution in [3.05, 3.63) is 54.5 Å². The molecule has 3 rings (SSSR count). The molecule has 1 aliphatic rings. The number of hydrogen-bond donors (Lipinski definition) is 0. The quantitative estimate of drug-likeness (QED) is 0.605. The number of aromatic nitrogens is 2. The van der Waals surface area contributed by atoms with E-state index >= 15 is 0 Å². The van der Waals surface area contributed by atoms with Crippen LogP contribution in [0.2, 0.25) is 0 Å². The van der Waals surface area contributed by atoms with Gasteiger partial charge in [0.25, 0.3) is 0 Å². The van der Waals surface area contributed by atoms with Crippen LogP contribution in [0.3, 0.4) is 0 Å². The van der Waals surface area contributed by atoms with Crippen LogP contribution in [-0.2, 0) is 5.41 Å². The molecule has 0 saturated carbocycles. The van der Waals surface area contributed by atoms with E-state index in [0.717, 1.165) is 18.5 Å². The normalized spacial score (nSPS) is 15.5. The lowest BCUT2D eigenvalue weighted by Gasteiger charge is -2.35. The van der Waals surface area contributed by atoms with Crippen LogP contribution in [0.25, 0.3) is 17.0 Å². The molecule has 0 saturated heterocycles. The van der Waals surface area contributed by atoms with E-state index in [1.54, 1.807) is 0 Å². The van der Waals surface area contributed by atoms with Crippen LogP contribution in [0.1, 0.15) is 32.3 Å². The molecule has 0 N–H and O–H groups in total. The van der Waals surface area contributed by atoms with Gasteiger partial charge in [-0.2, -0.15) is 18.3 Å². The van der Waals surface area contributed by atoms with Crippen LogP contribution >= 0.6 is 0 Å². The van der Waals surface area contributed by atoms with E-state index in [1.165, 1.54) is 6.07 Å². The Labute approximate surface area is 122 Å². The van der Waals surface area contributed by atoms with Crippen molar-refractivity contribution in [1.82, 2.24) is 4.98 Å². The summed E-state index contributed by atoms with van der Waals surface area (Å²) in [6.45, 7) is 8.24. The Bertz CT molecular complexity index is 734. The monoisotopic (exact) mass is 287 g/mol. The summed E-state index contributed by atoms with van der Waals surface area (Å²) < 4.78 is 29.9. The largest absolute Gasteiger partial charge is 0.229 e. The third-order valence-electron chi connectivity index (χ3n) is 4.63. The van der Waals surface area contributed by atoms with Gasteiger partial charge in [-0.15, -0.1) is 0 Å². The Kier molecular flexibility index (Phi) is 3.12. The highest BCUT2D eigenvalue weighted by atomic mass is 19.1. The van der Waals surface area contributed by atoms with Crippen molar-refractivity contribution < 1.29 is 13.3 Å². The first-order valence-corrected chi connectivity index (χ1v) is 7.12. The minimum absolute atomic E-state index is 0.383. The van der Waals surface area contributed by atoms with Gasteiger partial charge in [-0.1, -0.05) is 13.8 Å². The zero-order valence-electron chi connectivity index (χ0n) is 12.2. The van der Waals surface area contributed by atoms with Gasteiger partial charge in [0.1, 0.15) is 5.56 Å². The summed E-state index contributed by atoms with van der Waals surface area (Å²) in [6, 6.07) is 6.87. The number of halogens is 2. The summed E-state index contributed by atoms with van der Waals surface area (Å²) >= 11 is 0. The Morgan fingerprint density at radius 3 is 2.62 bits per heavy atom. The molecule has 0 aliphatic carbocycles. The second-order valence-electron chi connectivity index (χ2n) is 5.35. The first-order valence-electron chi connectivity index (χ1n) is 7.12. The molecule has 1 aliphatic heterocycles. The molecule has 0 aromatic carbocycles. The van der Waals surface area contributed by atoms with Crippen molar-refractivity contribution in [2.24, 2.45) is 0 Å². The van der Waals surface area contributed by atoms with E-state index in [9.17, 15) is 8.78 Å². The molecule has 2 aromatic rings. The van der Waals surface area contributed by atoms with E-state index < -0.39 is 17.3 Å². The van der Waals surface area contributed by atoms with E-state index in [1.807, 2.05) is 42.8 Å². The number of hydrogen-bond acceptors (Lipinski definition) is 1. The molecular formula is C17H17F2N2+. The Morgan fingerprint density at radius 2 is 1.95 bits per heavy atom. The second kappa shape index (κ2) is 4.72. The maximum absolute atomic E-state index is 14.4. The average molecular weight is 287 g/mol. The van der Waals surface area contributed by atoms with Crippen molar-refractivity contribution in [1.29, 1.82) is 0 Å². The molecule has 0 amide bonds. The van der Waals surface area contributed by atoms with Gasteiger partial charge in [-0.25, -0.2) is 0 Å². The Hall–Kier alpha value is -2.10. The first-order chi connectivity index (χ1) is 10.0. The molecule has 0 radical (unpaired) electrons. The van der Waals surface area contributed by atoms with E-state index in [0.29, 0.717) is 16.8 Å². The predicted molar refractivity (Wildman–Crippen MR) is 77.4 cm³/mol. The number of pyridine rings is 2. The van der Waals surface area contributed by atoms with E-state index in [-0.39, 0.29) is 0 Å². The van der Waals surface area contributed by atoms with Crippen LogP contribution in [0.5, 0.6) is 0 Å². The van der Waals surface area contributed by atoms with Crippen LogP contribution < -0.4 is 4.57 Å². The molecule has 4 heteroatoms. The van der Waals surface area contributed by atoms with Crippen molar-refractivity contribution >= 4 is 5.70 Å². The van der Waals surface area contributed by atoms with Crippen molar-refractivity contribution in [2.75, 3.05) is 0 Å². The maximum atomic E-state index is 14.4. The molecule has 2 nitrogen and oxygen atoms in total. The summed E-state index contributed by atoms with van der Waals surface area (Å²) in [6.07, 6.45) is 3.31.